The molecule has 1 aromatic carbocycles. The number of hydrogen-bond donors (Lipinski definition) is 0. The van der Waals surface area contributed by atoms with E-state index in [9.17, 15) is 8.78 Å². The third-order valence-electron chi connectivity index (χ3n) is 5.59. The molecule has 0 spiro atoms. The predicted molar refractivity (Wildman–Crippen MR) is 105 cm³/mol. The third kappa shape index (κ3) is 2.95. The molecule has 1 aliphatic rings. The van der Waals surface area contributed by atoms with Crippen LogP contribution in [-0.4, -0.2) is 30.9 Å². The molecule has 0 unspecified atom stereocenters. The van der Waals surface area contributed by atoms with Crippen LogP contribution in [0, 0.1) is 25.5 Å². The van der Waals surface area contributed by atoms with Crippen molar-refractivity contribution >= 4 is 11.5 Å². The molecule has 0 radical (unpaired) electrons. The normalized spacial score (nSPS) is 16.8. The van der Waals surface area contributed by atoms with Crippen LogP contribution in [0.5, 0.6) is 0 Å². The molecular formula is C21H20F2N6. The summed E-state index contributed by atoms with van der Waals surface area (Å²) < 4.78 is 31.6. The van der Waals surface area contributed by atoms with Gasteiger partial charge in [0.2, 0.25) is 0 Å². The Morgan fingerprint density at radius 1 is 1.14 bits per heavy atom. The van der Waals surface area contributed by atoms with E-state index in [0.29, 0.717) is 17.0 Å². The lowest BCUT2D eigenvalue weighted by Gasteiger charge is -2.26. The molecule has 0 aliphatic carbocycles. The van der Waals surface area contributed by atoms with E-state index in [1.807, 2.05) is 37.2 Å². The van der Waals surface area contributed by atoms with E-state index in [0.717, 1.165) is 42.4 Å². The maximum Gasteiger partial charge on any atom is 0.183 e. The quantitative estimate of drug-likeness (QED) is 0.524. The predicted octanol–water partition coefficient (Wildman–Crippen LogP) is 4.15. The highest BCUT2D eigenvalue weighted by Crippen LogP contribution is 2.37. The van der Waals surface area contributed by atoms with Crippen LogP contribution in [0.3, 0.4) is 0 Å². The molecule has 1 fully saturated rings. The molecular weight excluding hydrogens is 374 g/mol. The molecule has 8 heteroatoms. The second-order valence-corrected chi connectivity index (χ2v) is 7.44. The van der Waals surface area contributed by atoms with Crippen molar-refractivity contribution < 1.29 is 8.78 Å². The number of rotatable bonds is 3. The van der Waals surface area contributed by atoms with Crippen LogP contribution in [0.25, 0.3) is 11.3 Å². The molecule has 148 valence electrons. The summed E-state index contributed by atoms with van der Waals surface area (Å²) in [7, 11) is 0. The summed E-state index contributed by atoms with van der Waals surface area (Å²) in [5.74, 6) is -0.109. The Bertz CT molecular complexity index is 1190. The molecule has 5 rings (SSSR count). The van der Waals surface area contributed by atoms with E-state index in [1.54, 1.807) is 15.4 Å². The van der Waals surface area contributed by atoms with Gasteiger partial charge >= 0.3 is 0 Å². The third-order valence-corrected chi connectivity index (χ3v) is 5.59. The molecule has 4 aromatic rings. The smallest absolute Gasteiger partial charge is 0.183 e. The van der Waals surface area contributed by atoms with Crippen molar-refractivity contribution in [1.29, 1.82) is 0 Å². The van der Waals surface area contributed by atoms with Crippen molar-refractivity contribution in [1.82, 2.24) is 24.4 Å². The van der Waals surface area contributed by atoms with Crippen molar-refractivity contribution in [3.05, 3.63) is 71.3 Å². The van der Waals surface area contributed by atoms with E-state index in [1.165, 1.54) is 12.1 Å². The first-order chi connectivity index (χ1) is 14.0. The molecule has 1 saturated heterocycles. The van der Waals surface area contributed by atoms with E-state index in [2.05, 4.69) is 10.2 Å². The number of aromatic nitrogens is 5. The minimum Gasteiger partial charge on any atom is -0.349 e. The van der Waals surface area contributed by atoms with Gasteiger partial charge in [0.25, 0.3) is 0 Å². The van der Waals surface area contributed by atoms with Crippen LogP contribution in [0.4, 0.5) is 14.6 Å². The summed E-state index contributed by atoms with van der Waals surface area (Å²) in [6, 6.07) is 5.24. The monoisotopic (exact) mass is 394 g/mol. The Labute approximate surface area is 166 Å². The number of benzene rings is 1. The van der Waals surface area contributed by atoms with Crippen LogP contribution < -0.4 is 4.90 Å². The van der Waals surface area contributed by atoms with Gasteiger partial charge in [-0.2, -0.15) is 10.2 Å². The van der Waals surface area contributed by atoms with Gasteiger partial charge in [-0.15, -0.1) is 0 Å². The zero-order valence-corrected chi connectivity index (χ0v) is 16.2. The van der Waals surface area contributed by atoms with Crippen molar-refractivity contribution in [2.45, 2.75) is 32.7 Å². The van der Waals surface area contributed by atoms with Crippen LogP contribution in [0.2, 0.25) is 0 Å². The Hall–Kier alpha value is -3.29. The number of aryl methyl sites for hydroxylation is 2. The summed E-state index contributed by atoms with van der Waals surface area (Å²) in [6.07, 6.45) is 7.14. The van der Waals surface area contributed by atoms with Gasteiger partial charge in [-0.25, -0.2) is 23.0 Å². The fourth-order valence-electron chi connectivity index (χ4n) is 3.97. The first kappa shape index (κ1) is 17.8. The van der Waals surface area contributed by atoms with Crippen LogP contribution in [-0.2, 0) is 0 Å². The first-order valence-electron chi connectivity index (χ1n) is 9.60. The molecule has 4 heterocycles. The van der Waals surface area contributed by atoms with Crippen LogP contribution >= 0.6 is 0 Å². The van der Waals surface area contributed by atoms with E-state index < -0.39 is 11.6 Å². The van der Waals surface area contributed by atoms with E-state index >= 15 is 0 Å². The number of halogens is 2. The van der Waals surface area contributed by atoms with Crippen LogP contribution in [0.15, 0.2) is 42.9 Å². The Kier molecular flexibility index (Phi) is 4.08. The molecule has 0 saturated carbocycles. The summed E-state index contributed by atoms with van der Waals surface area (Å²) >= 11 is 0. The van der Waals surface area contributed by atoms with Gasteiger partial charge in [0.1, 0.15) is 23.1 Å². The van der Waals surface area contributed by atoms with Gasteiger partial charge < -0.3 is 4.90 Å². The molecule has 1 atom stereocenters. The van der Waals surface area contributed by atoms with Gasteiger partial charge in [-0.1, -0.05) is 0 Å². The molecule has 0 amide bonds. The van der Waals surface area contributed by atoms with Crippen molar-refractivity contribution in [2.75, 3.05) is 11.4 Å². The highest BCUT2D eigenvalue weighted by molar-refractivity contribution is 5.61. The van der Waals surface area contributed by atoms with Gasteiger partial charge in [-0.3, -0.25) is 0 Å². The zero-order valence-electron chi connectivity index (χ0n) is 16.2. The summed E-state index contributed by atoms with van der Waals surface area (Å²) in [5, 5.41) is 8.90. The zero-order chi connectivity index (χ0) is 20.1. The topological polar surface area (TPSA) is 51.2 Å². The van der Waals surface area contributed by atoms with Crippen molar-refractivity contribution in [3.63, 3.8) is 0 Å². The van der Waals surface area contributed by atoms with E-state index in [4.69, 9.17) is 4.98 Å². The maximum atomic E-state index is 14.4. The second kappa shape index (κ2) is 6.65. The number of fused-ring (bicyclic) bond motifs is 1. The second-order valence-electron chi connectivity index (χ2n) is 7.44. The van der Waals surface area contributed by atoms with Gasteiger partial charge in [-0.05, 0) is 56.5 Å². The summed E-state index contributed by atoms with van der Waals surface area (Å²) in [4.78, 5) is 6.85. The Morgan fingerprint density at radius 2 is 2.00 bits per heavy atom. The first-order valence-corrected chi connectivity index (χ1v) is 9.60. The van der Waals surface area contributed by atoms with Crippen molar-refractivity contribution in [3.8, 4) is 5.69 Å². The highest BCUT2D eigenvalue weighted by Gasteiger charge is 2.30. The molecule has 6 nitrogen and oxygen atoms in total. The lowest BCUT2D eigenvalue weighted by Crippen LogP contribution is -2.24. The molecule has 0 bridgehead atoms. The molecule has 29 heavy (non-hydrogen) atoms. The molecule has 0 N–H and O–H groups in total. The molecule has 3 aromatic heterocycles. The largest absolute Gasteiger partial charge is 0.349 e. The van der Waals surface area contributed by atoms with Crippen LogP contribution in [0.1, 0.15) is 35.7 Å². The average molecular weight is 394 g/mol. The standard InChI is InChI=1S/C21H20F2N6/c1-13-12-29(26-14(13)2)19-11-24-28-9-7-20(25-21(19)28)27-8-3-4-18(27)16-10-15(22)5-6-17(16)23/h5-7,9-12,18H,3-4,8H2,1-2H3/t18-/m1/s1. The van der Waals surface area contributed by atoms with Gasteiger partial charge in [0, 0.05) is 24.5 Å². The fourth-order valence-corrected chi connectivity index (χ4v) is 3.97. The number of anilines is 1. The number of nitrogens with zero attached hydrogens (tertiary/aromatic N) is 6. The summed E-state index contributed by atoms with van der Waals surface area (Å²) in [5.41, 5.74) is 3.84. The summed E-state index contributed by atoms with van der Waals surface area (Å²) in [6.45, 7) is 4.69. The van der Waals surface area contributed by atoms with Gasteiger partial charge in [0.15, 0.2) is 5.65 Å². The Morgan fingerprint density at radius 3 is 2.79 bits per heavy atom. The minimum absolute atomic E-state index is 0.249. The van der Waals surface area contributed by atoms with Crippen molar-refractivity contribution in [2.24, 2.45) is 0 Å². The lowest BCUT2D eigenvalue weighted by molar-refractivity contribution is 0.560. The van der Waals surface area contributed by atoms with Gasteiger partial charge in [0.05, 0.1) is 17.9 Å². The average Bonchev–Trinajstić information content (AvgIpc) is 3.42. The SMILES string of the molecule is Cc1cn(-c2cnn3ccc(N4CCC[C@@H]4c4cc(F)ccc4F)nc23)nc1C. The highest BCUT2D eigenvalue weighted by atomic mass is 19.1. The Balaban J connectivity index is 1.58. The van der Waals surface area contributed by atoms with E-state index in [-0.39, 0.29) is 6.04 Å². The molecule has 1 aliphatic heterocycles. The fraction of sp³-hybridized carbons (Fsp3) is 0.286. The minimum atomic E-state index is -0.431. The lowest BCUT2D eigenvalue weighted by atomic mass is 10.0. The number of hydrogen-bond acceptors (Lipinski definition) is 4. The maximum absolute atomic E-state index is 14.4.